The lowest BCUT2D eigenvalue weighted by Gasteiger charge is -2.14. The fourth-order valence-corrected chi connectivity index (χ4v) is 1.75. The van der Waals surface area contributed by atoms with E-state index in [0.717, 1.165) is 31.7 Å². The van der Waals surface area contributed by atoms with E-state index in [1.54, 1.807) is 0 Å². The molecule has 106 valence electrons. The third-order valence-electron chi connectivity index (χ3n) is 3.05. The molecule has 0 saturated carbocycles. The SMILES string of the molecule is CCCCC(CC)CNC(=O)c1cc(C(=O)O)on1. The van der Waals surface area contributed by atoms with Crippen molar-refractivity contribution in [2.24, 2.45) is 5.92 Å². The van der Waals surface area contributed by atoms with Gasteiger partial charge >= 0.3 is 5.97 Å². The van der Waals surface area contributed by atoms with E-state index in [1.807, 2.05) is 0 Å². The predicted octanol–water partition coefficient (Wildman–Crippen LogP) is 2.32. The standard InChI is InChI=1S/C13H20N2O4/c1-3-5-6-9(4-2)8-14-12(16)10-7-11(13(17)18)19-15-10/h7,9H,3-6,8H2,1-2H3,(H,14,16)(H,17,18). The quantitative estimate of drug-likeness (QED) is 0.754. The molecule has 6 heteroatoms. The first-order valence-electron chi connectivity index (χ1n) is 6.56. The molecule has 0 saturated heterocycles. The monoisotopic (exact) mass is 268 g/mol. The number of aromatic nitrogens is 1. The first kappa shape index (κ1) is 15.2. The molecular formula is C13H20N2O4. The van der Waals surface area contributed by atoms with Crippen molar-refractivity contribution in [2.75, 3.05) is 6.54 Å². The number of hydrogen-bond acceptors (Lipinski definition) is 4. The third kappa shape index (κ3) is 4.73. The zero-order valence-electron chi connectivity index (χ0n) is 11.3. The largest absolute Gasteiger partial charge is 0.475 e. The molecule has 0 fully saturated rings. The van der Waals surface area contributed by atoms with Crippen LogP contribution < -0.4 is 5.32 Å². The highest BCUT2D eigenvalue weighted by Crippen LogP contribution is 2.11. The number of unbranched alkanes of at least 4 members (excludes halogenated alkanes) is 1. The van der Waals surface area contributed by atoms with Crippen LogP contribution in [0.5, 0.6) is 0 Å². The molecule has 0 spiro atoms. The molecule has 19 heavy (non-hydrogen) atoms. The fraction of sp³-hybridized carbons (Fsp3) is 0.615. The number of nitrogens with one attached hydrogen (secondary N) is 1. The van der Waals surface area contributed by atoms with Crippen LogP contribution in [0.3, 0.4) is 0 Å². The van der Waals surface area contributed by atoms with Gasteiger partial charge in [0, 0.05) is 12.6 Å². The summed E-state index contributed by atoms with van der Waals surface area (Å²) in [5.74, 6) is -1.52. The van der Waals surface area contributed by atoms with Gasteiger partial charge in [0.2, 0.25) is 5.76 Å². The van der Waals surface area contributed by atoms with Crippen LogP contribution in [-0.2, 0) is 0 Å². The van der Waals surface area contributed by atoms with Gasteiger partial charge in [-0.1, -0.05) is 38.3 Å². The van der Waals surface area contributed by atoms with Gasteiger partial charge in [0.15, 0.2) is 5.69 Å². The summed E-state index contributed by atoms with van der Waals surface area (Å²) in [6.07, 6.45) is 4.35. The molecule has 1 heterocycles. The maximum absolute atomic E-state index is 11.7. The Hall–Kier alpha value is -1.85. The molecular weight excluding hydrogens is 248 g/mol. The number of hydrogen-bond donors (Lipinski definition) is 2. The van der Waals surface area contributed by atoms with Crippen LogP contribution in [0.25, 0.3) is 0 Å². The van der Waals surface area contributed by atoms with Crippen LogP contribution in [0.1, 0.15) is 60.6 Å². The fourth-order valence-electron chi connectivity index (χ4n) is 1.75. The number of carboxylic acids is 1. The Labute approximate surface area is 112 Å². The minimum Gasteiger partial charge on any atom is -0.475 e. The van der Waals surface area contributed by atoms with E-state index in [0.29, 0.717) is 12.5 Å². The van der Waals surface area contributed by atoms with Crippen LogP contribution in [0.15, 0.2) is 10.6 Å². The van der Waals surface area contributed by atoms with Crippen LogP contribution in [0, 0.1) is 5.92 Å². The van der Waals surface area contributed by atoms with Crippen LogP contribution in [0.4, 0.5) is 0 Å². The minimum absolute atomic E-state index is 0.00254. The average Bonchev–Trinajstić information content (AvgIpc) is 2.88. The summed E-state index contributed by atoms with van der Waals surface area (Å²) in [5.41, 5.74) is 0.00254. The smallest absolute Gasteiger partial charge is 0.374 e. The van der Waals surface area contributed by atoms with Crippen molar-refractivity contribution in [2.45, 2.75) is 39.5 Å². The average molecular weight is 268 g/mol. The second-order valence-corrected chi connectivity index (χ2v) is 4.51. The van der Waals surface area contributed by atoms with Crippen LogP contribution >= 0.6 is 0 Å². The lowest BCUT2D eigenvalue weighted by molar-refractivity contribution is 0.0651. The second-order valence-electron chi connectivity index (χ2n) is 4.51. The van der Waals surface area contributed by atoms with Crippen molar-refractivity contribution < 1.29 is 19.2 Å². The summed E-state index contributed by atoms with van der Waals surface area (Å²) >= 11 is 0. The summed E-state index contributed by atoms with van der Waals surface area (Å²) in [6, 6.07) is 1.13. The van der Waals surface area contributed by atoms with Crippen molar-refractivity contribution in [3.05, 3.63) is 17.5 Å². The number of aromatic carboxylic acids is 1. The normalized spacial score (nSPS) is 12.1. The highest BCUT2D eigenvalue weighted by Gasteiger charge is 2.17. The molecule has 0 aliphatic carbocycles. The van der Waals surface area contributed by atoms with Crippen molar-refractivity contribution in [1.82, 2.24) is 10.5 Å². The zero-order valence-corrected chi connectivity index (χ0v) is 11.3. The molecule has 0 aliphatic rings. The van der Waals surface area contributed by atoms with Gasteiger partial charge in [0.05, 0.1) is 0 Å². The van der Waals surface area contributed by atoms with Gasteiger partial charge < -0.3 is 14.9 Å². The Bertz CT molecular complexity index is 428. The molecule has 1 rings (SSSR count). The van der Waals surface area contributed by atoms with E-state index in [4.69, 9.17) is 5.11 Å². The maximum Gasteiger partial charge on any atom is 0.374 e. The lowest BCUT2D eigenvalue weighted by Crippen LogP contribution is -2.29. The van der Waals surface area contributed by atoms with Gasteiger partial charge in [0.25, 0.3) is 5.91 Å². The number of carbonyl (C=O) groups excluding carboxylic acids is 1. The molecule has 1 atom stereocenters. The number of carboxylic acid groups (broad SMARTS) is 1. The van der Waals surface area contributed by atoms with Gasteiger partial charge in [0.1, 0.15) is 0 Å². The van der Waals surface area contributed by atoms with Gasteiger partial charge in [-0.15, -0.1) is 0 Å². The molecule has 0 bridgehead atoms. The molecule has 1 amide bonds. The molecule has 0 radical (unpaired) electrons. The Morgan fingerprint density at radius 3 is 2.74 bits per heavy atom. The third-order valence-corrected chi connectivity index (χ3v) is 3.05. The van der Waals surface area contributed by atoms with E-state index >= 15 is 0 Å². The Balaban J connectivity index is 2.47. The lowest BCUT2D eigenvalue weighted by atomic mass is 9.99. The van der Waals surface area contributed by atoms with Gasteiger partial charge in [-0.05, 0) is 12.3 Å². The molecule has 2 N–H and O–H groups in total. The predicted molar refractivity (Wildman–Crippen MR) is 69.1 cm³/mol. The number of rotatable bonds is 8. The minimum atomic E-state index is -1.24. The number of carbonyl (C=O) groups is 2. The first-order valence-corrected chi connectivity index (χ1v) is 6.56. The Morgan fingerprint density at radius 2 is 2.21 bits per heavy atom. The Kier molecular flexibility index (Phi) is 6.05. The van der Waals surface area contributed by atoms with E-state index in [9.17, 15) is 9.59 Å². The van der Waals surface area contributed by atoms with Gasteiger partial charge in [-0.25, -0.2) is 4.79 Å². The van der Waals surface area contributed by atoms with E-state index in [2.05, 4.69) is 28.8 Å². The molecule has 1 aromatic heterocycles. The summed E-state index contributed by atoms with van der Waals surface area (Å²) in [7, 11) is 0. The summed E-state index contributed by atoms with van der Waals surface area (Å²) in [4.78, 5) is 22.4. The van der Waals surface area contributed by atoms with E-state index in [1.165, 1.54) is 0 Å². The number of nitrogens with zero attached hydrogens (tertiary/aromatic N) is 1. The molecule has 0 aliphatic heterocycles. The molecule has 0 aromatic carbocycles. The summed E-state index contributed by atoms with van der Waals surface area (Å²) in [6.45, 7) is 4.80. The van der Waals surface area contributed by atoms with Gasteiger partial charge in [-0.3, -0.25) is 4.79 Å². The summed E-state index contributed by atoms with van der Waals surface area (Å²) < 4.78 is 4.53. The van der Waals surface area contributed by atoms with Crippen LogP contribution in [-0.4, -0.2) is 28.7 Å². The number of amides is 1. The molecule has 6 nitrogen and oxygen atoms in total. The first-order chi connectivity index (χ1) is 9.08. The van der Waals surface area contributed by atoms with Gasteiger partial charge in [-0.2, -0.15) is 0 Å². The van der Waals surface area contributed by atoms with Crippen molar-refractivity contribution in [1.29, 1.82) is 0 Å². The molecule has 1 aromatic rings. The topological polar surface area (TPSA) is 92.4 Å². The van der Waals surface area contributed by atoms with Crippen molar-refractivity contribution in [3.8, 4) is 0 Å². The maximum atomic E-state index is 11.7. The highest BCUT2D eigenvalue weighted by atomic mass is 16.5. The summed E-state index contributed by atoms with van der Waals surface area (Å²) in [5, 5.41) is 14.9. The zero-order chi connectivity index (χ0) is 14.3. The Morgan fingerprint density at radius 1 is 1.47 bits per heavy atom. The second kappa shape index (κ2) is 7.56. The molecule has 1 unspecified atom stereocenters. The van der Waals surface area contributed by atoms with Crippen LogP contribution in [0.2, 0.25) is 0 Å². The van der Waals surface area contributed by atoms with Crippen molar-refractivity contribution >= 4 is 11.9 Å². The highest BCUT2D eigenvalue weighted by molar-refractivity contribution is 5.94. The van der Waals surface area contributed by atoms with E-state index in [-0.39, 0.29) is 11.5 Å². The van der Waals surface area contributed by atoms with E-state index < -0.39 is 11.9 Å². The van der Waals surface area contributed by atoms with Crippen molar-refractivity contribution in [3.63, 3.8) is 0 Å².